The molecule has 1 aromatic rings. The third-order valence-electron chi connectivity index (χ3n) is 1.48. The Morgan fingerprint density at radius 3 is 2.71 bits per heavy atom. The Morgan fingerprint density at radius 1 is 1.71 bits per heavy atom. The van der Waals surface area contributed by atoms with Gasteiger partial charge in [-0.2, -0.15) is 0 Å². The molecule has 1 heterocycles. The van der Waals surface area contributed by atoms with Crippen LogP contribution in [0.3, 0.4) is 0 Å². The van der Waals surface area contributed by atoms with Crippen LogP contribution in [0.4, 0.5) is 0 Å². The standard InChI is InChI=1S/C8H8Br2O3S/c1-2-13-6(8(11)12)5-3-4(9)7(10)14-5/h3,6H,2H2,1H3,(H,11,12). The maximum absolute atomic E-state index is 10.9. The summed E-state index contributed by atoms with van der Waals surface area (Å²) in [4.78, 5) is 11.5. The summed E-state index contributed by atoms with van der Waals surface area (Å²) in [6.07, 6.45) is -0.868. The summed E-state index contributed by atoms with van der Waals surface area (Å²) in [5, 5.41) is 8.91. The van der Waals surface area contributed by atoms with E-state index in [1.165, 1.54) is 11.3 Å². The Kier molecular flexibility index (Phi) is 4.56. The molecule has 78 valence electrons. The van der Waals surface area contributed by atoms with E-state index in [2.05, 4.69) is 31.9 Å². The number of hydrogen-bond donors (Lipinski definition) is 1. The molecule has 1 aromatic heterocycles. The number of halogens is 2. The number of rotatable bonds is 4. The summed E-state index contributed by atoms with van der Waals surface area (Å²) < 4.78 is 6.85. The van der Waals surface area contributed by atoms with Crippen LogP contribution in [-0.4, -0.2) is 17.7 Å². The van der Waals surface area contributed by atoms with E-state index in [9.17, 15) is 4.79 Å². The molecule has 0 aliphatic carbocycles. The number of carboxylic acids is 1. The minimum absolute atomic E-state index is 0.379. The number of carbonyl (C=O) groups is 1. The molecule has 0 amide bonds. The van der Waals surface area contributed by atoms with Crippen LogP contribution < -0.4 is 0 Å². The average molecular weight is 344 g/mol. The van der Waals surface area contributed by atoms with Gasteiger partial charge in [-0.1, -0.05) is 0 Å². The Labute approximate surface area is 102 Å². The van der Waals surface area contributed by atoms with E-state index in [0.717, 1.165) is 8.26 Å². The van der Waals surface area contributed by atoms with Crippen LogP contribution >= 0.6 is 43.2 Å². The van der Waals surface area contributed by atoms with E-state index >= 15 is 0 Å². The van der Waals surface area contributed by atoms with Crippen molar-refractivity contribution in [3.05, 3.63) is 19.2 Å². The quantitative estimate of drug-likeness (QED) is 0.910. The topological polar surface area (TPSA) is 46.5 Å². The van der Waals surface area contributed by atoms with Crippen LogP contribution in [0.1, 0.15) is 17.9 Å². The van der Waals surface area contributed by atoms with Gasteiger partial charge in [0.05, 0.1) is 3.79 Å². The van der Waals surface area contributed by atoms with Gasteiger partial charge in [-0.05, 0) is 44.8 Å². The fraction of sp³-hybridized carbons (Fsp3) is 0.375. The van der Waals surface area contributed by atoms with Crippen LogP contribution in [0, 0.1) is 0 Å². The largest absolute Gasteiger partial charge is 0.479 e. The summed E-state index contributed by atoms with van der Waals surface area (Å²) >= 11 is 7.96. The molecule has 0 saturated heterocycles. The summed E-state index contributed by atoms with van der Waals surface area (Å²) in [6, 6.07) is 1.75. The van der Waals surface area contributed by atoms with Crippen molar-refractivity contribution < 1.29 is 14.6 Å². The van der Waals surface area contributed by atoms with Gasteiger partial charge in [0.2, 0.25) is 0 Å². The smallest absolute Gasteiger partial charge is 0.338 e. The molecule has 1 N–H and O–H groups in total. The molecular weight excluding hydrogens is 336 g/mol. The second kappa shape index (κ2) is 5.25. The number of thiophene rings is 1. The van der Waals surface area contributed by atoms with Crippen LogP contribution in [0.15, 0.2) is 14.3 Å². The van der Waals surface area contributed by atoms with Crippen LogP contribution in [0.2, 0.25) is 0 Å². The fourth-order valence-corrected chi connectivity index (χ4v) is 3.07. The lowest BCUT2D eigenvalue weighted by atomic mass is 10.3. The van der Waals surface area contributed by atoms with Crippen molar-refractivity contribution in [1.29, 1.82) is 0 Å². The summed E-state index contributed by atoms with van der Waals surface area (Å²) in [6.45, 7) is 2.15. The lowest BCUT2D eigenvalue weighted by Gasteiger charge is -2.09. The summed E-state index contributed by atoms with van der Waals surface area (Å²) in [5.74, 6) is -0.965. The van der Waals surface area contributed by atoms with Gasteiger partial charge in [-0.3, -0.25) is 0 Å². The zero-order valence-electron chi connectivity index (χ0n) is 7.29. The van der Waals surface area contributed by atoms with Gasteiger partial charge in [-0.25, -0.2) is 4.79 Å². The Bertz CT molecular complexity index is 318. The zero-order valence-corrected chi connectivity index (χ0v) is 11.3. The highest BCUT2D eigenvalue weighted by Gasteiger charge is 2.22. The van der Waals surface area contributed by atoms with E-state index in [4.69, 9.17) is 9.84 Å². The maximum atomic E-state index is 10.9. The van der Waals surface area contributed by atoms with Crippen molar-refractivity contribution >= 4 is 49.2 Å². The molecule has 0 aromatic carbocycles. The molecule has 0 radical (unpaired) electrons. The van der Waals surface area contributed by atoms with Gasteiger partial charge in [0.15, 0.2) is 6.10 Å². The number of aliphatic carboxylic acids is 1. The molecule has 0 bridgehead atoms. The Balaban J connectivity index is 2.93. The van der Waals surface area contributed by atoms with Crippen molar-refractivity contribution in [3.63, 3.8) is 0 Å². The summed E-state index contributed by atoms with van der Waals surface area (Å²) in [5.41, 5.74) is 0. The van der Waals surface area contributed by atoms with Gasteiger partial charge in [-0.15, -0.1) is 11.3 Å². The Morgan fingerprint density at radius 2 is 2.36 bits per heavy atom. The van der Waals surface area contributed by atoms with Gasteiger partial charge in [0, 0.05) is 16.0 Å². The molecular formula is C8H8Br2O3S. The highest BCUT2D eigenvalue weighted by atomic mass is 79.9. The van der Waals surface area contributed by atoms with E-state index < -0.39 is 12.1 Å². The van der Waals surface area contributed by atoms with E-state index in [0.29, 0.717) is 11.5 Å². The molecule has 6 heteroatoms. The van der Waals surface area contributed by atoms with E-state index in [-0.39, 0.29) is 0 Å². The molecule has 0 aliphatic rings. The second-order valence-corrected chi connectivity index (χ2v) is 5.70. The molecule has 1 atom stereocenters. The monoisotopic (exact) mass is 342 g/mol. The zero-order chi connectivity index (χ0) is 10.7. The van der Waals surface area contributed by atoms with Crippen molar-refractivity contribution in [1.82, 2.24) is 0 Å². The lowest BCUT2D eigenvalue weighted by Crippen LogP contribution is -2.13. The molecule has 0 aliphatic heterocycles. The first-order valence-corrected chi connectivity index (χ1v) is 6.25. The third-order valence-corrected chi connectivity index (χ3v) is 4.78. The first-order chi connectivity index (χ1) is 6.56. The molecule has 1 unspecified atom stereocenters. The highest BCUT2D eigenvalue weighted by molar-refractivity contribution is 9.13. The minimum atomic E-state index is -0.965. The predicted octanol–water partition coefficient (Wildman–Crippen LogP) is 3.44. The number of carboxylic acid groups (broad SMARTS) is 1. The first kappa shape index (κ1) is 12.2. The molecule has 0 fully saturated rings. The first-order valence-electron chi connectivity index (χ1n) is 3.85. The molecule has 0 saturated carbocycles. The number of ether oxygens (including phenoxy) is 1. The van der Waals surface area contributed by atoms with Gasteiger partial charge < -0.3 is 9.84 Å². The van der Waals surface area contributed by atoms with Crippen molar-refractivity contribution in [2.45, 2.75) is 13.0 Å². The maximum Gasteiger partial charge on any atom is 0.338 e. The van der Waals surface area contributed by atoms with Crippen LogP contribution in [0.5, 0.6) is 0 Å². The van der Waals surface area contributed by atoms with E-state index in [1.54, 1.807) is 13.0 Å². The molecule has 14 heavy (non-hydrogen) atoms. The normalized spacial score (nSPS) is 12.8. The van der Waals surface area contributed by atoms with Crippen molar-refractivity contribution in [2.24, 2.45) is 0 Å². The lowest BCUT2D eigenvalue weighted by molar-refractivity contribution is -0.150. The van der Waals surface area contributed by atoms with Crippen molar-refractivity contribution in [2.75, 3.05) is 6.61 Å². The van der Waals surface area contributed by atoms with Gasteiger partial charge >= 0.3 is 5.97 Å². The third kappa shape index (κ3) is 2.79. The SMILES string of the molecule is CCOC(C(=O)O)c1cc(Br)c(Br)s1. The molecule has 3 nitrogen and oxygen atoms in total. The van der Waals surface area contributed by atoms with Crippen LogP contribution in [-0.2, 0) is 9.53 Å². The highest BCUT2D eigenvalue weighted by Crippen LogP contribution is 2.36. The van der Waals surface area contributed by atoms with Gasteiger partial charge in [0.1, 0.15) is 0 Å². The van der Waals surface area contributed by atoms with Crippen LogP contribution in [0.25, 0.3) is 0 Å². The Hall–Kier alpha value is 0.0900. The number of hydrogen-bond acceptors (Lipinski definition) is 3. The van der Waals surface area contributed by atoms with Gasteiger partial charge in [0.25, 0.3) is 0 Å². The minimum Gasteiger partial charge on any atom is -0.479 e. The molecule has 0 spiro atoms. The molecule has 1 rings (SSSR count). The summed E-state index contributed by atoms with van der Waals surface area (Å²) in [7, 11) is 0. The van der Waals surface area contributed by atoms with Crippen molar-refractivity contribution in [3.8, 4) is 0 Å². The van der Waals surface area contributed by atoms with E-state index in [1.807, 2.05) is 0 Å². The predicted molar refractivity (Wildman–Crippen MR) is 61.7 cm³/mol. The average Bonchev–Trinajstić information content (AvgIpc) is 2.42. The fourth-order valence-electron chi connectivity index (χ4n) is 0.934. The second-order valence-electron chi connectivity index (χ2n) is 2.44.